The van der Waals surface area contributed by atoms with Gasteiger partial charge in [-0.3, -0.25) is 0 Å². The zero-order chi connectivity index (χ0) is 13.7. The van der Waals surface area contributed by atoms with Crippen LogP contribution in [0.25, 0.3) is 21.9 Å². The lowest BCUT2D eigenvalue weighted by molar-refractivity contribution is 0.302. The van der Waals surface area contributed by atoms with E-state index >= 15 is 0 Å². The zero-order valence-electron chi connectivity index (χ0n) is 11.7. The maximum absolute atomic E-state index is 5.91. The molecule has 3 aromatic carbocycles. The molecular formula is C19H16O. The second-order valence-electron chi connectivity index (χ2n) is 5.65. The van der Waals surface area contributed by atoms with Crippen molar-refractivity contribution in [2.45, 2.75) is 20.5 Å². The number of hydrogen-bond donors (Lipinski definition) is 0. The number of aryl methyl sites for hydroxylation is 2. The highest BCUT2D eigenvalue weighted by Crippen LogP contribution is 2.39. The van der Waals surface area contributed by atoms with E-state index in [1.807, 2.05) is 0 Å². The standard InChI is InChI=1S/C19H16O/c1-12-3-5-14-10-18-16(9-15(14)7-12)11-20-19-8-13(2)4-6-17(18)19/h3-10H,11H2,1-2H3. The molecule has 0 radical (unpaired) electrons. The molecule has 0 saturated carbocycles. The molecule has 0 aromatic heterocycles. The first kappa shape index (κ1) is 11.5. The predicted molar refractivity (Wildman–Crippen MR) is 83.2 cm³/mol. The van der Waals surface area contributed by atoms with Crippen molar-refractivity contribution < 1.29 is 4.74 Å². The van der Waals surface area contributed by atoms with Crippen LogP contribution in [-0.2, 0) is 6.61 Å². The van der Waals surface area contributed by atoms with Crippen LogP contribution in [-0.4, -0.2) is 0 Å². The summed E-state index contributed by atoms with van der Waals surface area (Å²) in [5, 5.41) is 2.59. The Kier molecular flexibility index (Phi) is 2.37. The number of hydrogen-bond acceptors (Lipinski definition) is 1. The minimum atomic E-state index is 0.662. The Morgan fingerprint density at radius 3 is 2.45 bits per heavy atom. The molecule has 0 bridgehead atoms. The molecule has 3 aromatic rings. The van der Waals surface area contributed by atoms with Crippen LogP contribution in [0.2, 0.25) is 0 Å². The highest BCUT2D eigenvalue weighted by Gasteiger charge is 2.17. The molecular weight excluding hydrogens is 244 g/mol. The summed E-state index contributed by atoms with van der Waals surface area (Å²) in [4.78, 5) is 0. The van der Waals surface area contributed by atoms with Crippen molar-refractivity contribution in [3.63, 3.8) is 0 Å². The number of ether oxygens (including phenoxy) is 1. The van der Waals surface area contributed by atoms with Gasteiger partial charge in [0.05, 0.1) is 0 Å². The van der Waals surface area contributed by atoms with Crippen molar-refractivity contribution in [2.24, 2.45) is 0 Å². The van der Waals surface area contributed by atoms with E-state index in [1.54, 1.807) is 0 Å². The lowest BCUT2D eigenvalue weighted by Crippen LogP contribution is -2.05. The molecule has 0 N–H and O–H groups in total. The van der Waals surface area contributed by atoms with Gasteiger partial charge in [-0.1, -0.05) is 35.9 Å². The Morgan fingerprint density at radius 2 is 1.55 bits per heavy atom. The van der Waals surface area contributed by atoms with Crippen LogP contribution in [0, 0.1) is 13.8 Å². The number of fused-ring (bicyclic) bond motifs is 4. The van der Waals surface area contributed by atoms with E-state index in [-0.39, 0.29) is 0 Å². The third-order valence-corrected chi connectivity index (χ3v) is 4.03. The summed E-state index contributed by atoms with van der Waals surface area (Å²) >= 11 is 0. The lowest BCUT2D eigenvalue weighted by atomic mass is 9.92. The molecule has 0 spiro atoms. The fourth-order valence-corrected chi connectivity index (χ4v) is 2.96. The SMILES string of the molecule is Cc1ccc2c(c1)OCc1cc3cc(C)ccc3cc1-2. The van der Waals surface area contributed by atoms with Crippen LogP contribution < -0.4 is 4.74 Å². The van der Waals surface area contributed by atoms with Crippen molar-refractivity contribution in [3.05, 3.63) is 65.2 Å². The van der Waals surface area contributed by atoms with Gasteiger partial charge < -0.3 is 4.74 Å². The summed E-state index contributed by atoms with van der Waals surface area (Å²) in [6, 6.07) is 17.6. The zero-order valence-corrected chi connectivity index (χ0v) is 11.7. The van der Waals surface area contributed by atoms with E-state index in [2.05, 4.69) is 62.4 Å². The summed E-state index contributed by atoms with van der Waals surface area (Å²) in [5.41, 5.74) is 6.33. The highest BCUT2D eigenvalue weighted by molar-refractivity contribution is 5.91. The molecule has 98 valence electrons. The Balaban J connectivity index is 2.00. The van der Waals surface area contributed by atoms with Crippen LogP contribution in [0.3, 0.4) is 0 Å². The number of benzene rings is 3. The normalized spacial score (nSPS) is 12.7. The molecule has 0 atom stereocenters. The van der Waals surface area contributed by atoms with E-state index in [9.17, 15) is 0 Å². The molecule has 20 heavy (non-hydrogen) atoms. The Labute approximate surface area is 118 Å². The molecule has 1 aliphatic heterocycles. The molecule has 0 saturated heterocycles. The second kappa shape index (κ2) is 4.11. The van der Waals surface area contributed by atoms with Gasteiger partial charge in [0.15, 0.2) is 0 Å². The van der Waals surface area contributed by atoms with Gasteiger partial charge in [-0.25, -0.2) is 0 Å². The monoisotopic (exact) mass is 260 g/mol. The van der Waals surface area contributed by atoms with Crippen molar-refractivity contribution in [1.82, 2.24) is 0 Å². The first-order chi connectivity index (χ1) is 9.70. The van der Waals surface area contributed by atoms with Crippen LogP contribution in [0.15, 0.2) is 48.5 Å². The first-order valence-corrected chi connectivity index (χ1v) is 6.98. The van der Waals surface area contributed by atoms with E-state index in [0.717, 1.165) is 5.75 Å². The van der Waals surface area contributed by atoms with Gasteiger partial charge in [-0.05, 0) is 59.5 Å². The first-order valence-electron chi connectivity index (χ1n) is 6.98. The summed E-state index contributed by atoms with van der Waals surface area (Å²) in [6.45, 7) is 4.89. The topological polar surface area (TPSA) is 9.23 Å². The maximum Gasteiger partial charge on any atom is 0.127 e. The van der Waals surface area contributed by atoms with Gasteiger partial charge in [-0.15, -0.1) is 0 Å². The van der Waals surface area contributed by atoms with Gasteiger partial charge >= 0.3 is 0 Å². The van der Waals surface area contributed by atoms with Gasteiger partial charge in [-0.2, -0.15) is 0 Å². The Morgan fingerprint density at radius 1 is 0.750 bits per heavy atom. The minimum Gasteiger partial charge on any atom is -0.488 e. The largest absolute Gasteiger partial charge is 0.488 e. The lowest BCUT2D eigenvalue weighted by Gasteiger charge is -2.22. The van der Waals surface area contributed by atoms with Crippen molar-refractivity contribution in [2.75, 3.05) is 0 Å². The molecule has 1 nitrogen and oxygen atoms in total. The van der Waals surface area contributed by atoms with E-state index in [0.29, 0.717) is 6.61 Å². The second-order valence-corrected chi connectivity index (χ2v) is 5.65. The average molecular weight is 260 g/mol. The highest BCUT2D eigenvalue weighted by atomic mass is 16.5. The van der Waals surface area contributed by atoms with Gasteiger partial charge in [0.25, 0.3) is 0 Å². The molecule has 1 heteroatoms. The smallest absolute Gasteiger partial charge is 0.127 e. The number of rotatable bonds is 0. The van der Waals surface area contributed by atoms with E-state index in [4.69, 9.17) is 4.74 Å². The predicted octanol–water partition coefficient (Wildman–Crippen LogP) is 5.02. The van der Waals surface area contributed by atoms with Crippen molar-refractivity contribution in [1.29, 1.82) is 0 Å². The third kappa shape index (κ3) is 1.70. The van der Waals surface area contributed by atoms with Crippen LogP contribution in [0.1, 0.15) is 16.7 Å². The Hall–Kier alpha value is -2.28. The summed E-state index contributed by atoms with van der Waals surface area (Å²) < 4.78 is 5.91. The van der Waals surface area contributed by atoms with E-state index < -0.39 is 0 Å². The summed E-state index contributed by atoms with van der Waals surface area (Å²) in [6.07, 6.45) is 0. The molecule has 0 aliphatic carbocycles. The molecule has 4 rings (SSSR count). The van der Waals surface area contributed by atoms with Crippen molar-refractivity contribution in [3.8, 4) is 16.9 Å². The molecule has 0 unspecified atom stereocenters. The maximum atomic E-state index is 5.91. The fraction of sp³-hybridized carbons (Fsp3) is 0.158. The quantitative estimate of drug-likeness (QED) is 0.551. The van der Waals surface area contributed by atoms with Crippen LogP contribution >= 0.6 is 0 Å². The molecule has 0 amide bonds. The molecule has 0 fully saturated rings. The third-order valence-electron chi connectivity index (χ3n) is 4.03. The van der Waals surface area contributed by atoms with Crippen LogP contribution in [0.5, 0.6) is 5.75 Å². The Bertz CT molecular complexity index is 831. The molecule has 1 heterocycles. The molecule has 1 aliphatic rings. The van der Waals surface area contributed by atoms with E-state index in [1.165, 1.54) is 38.6 Å². The van der Waals surface area contributed by atoms with Gasteiger partial charge in [0.1, 0.15) is 12.4 Å². The fourth-order valence-electron chi connectivity index (χ4n) is 2.96. The van der Waals surface area contributed by atoms with Gasteiger partial charge in [0.2, 0.25) is 0 Å². The summed E-state index contributed by atoms with van der Waals surface area (Å²) in [7, 11) is 0. The summed E-state index contributed by atoms with van der Waals surface area (Å²) in [5.74, 6) is 1.00. The average Bonchev–Trinajstić information content (AvgIpc) is 2.44. The van der Waals surface area contributed by atoms with Crippen LogP contribution in [0.4, 0.5) is 0 Å². The van der Waals surface area contributed by atoms with Crippen molar-refractivity contribution >= 4 is 10.8 Å². The van der Waals surface area contributed by atoms with Gasteiger partial charge in [0, 0.05) is 5.56 Å². The minimum absolute atomic E-state index is 0.662.